The van der Waals surface area contributed by atoms with Gasteiger partial charge in [0.25, 0.3) is 0 Å². The number of ether oxygens (including phenoxy) is 2. The molecule has 1 rings (SSSR count). The Morgan fingerprint density at radius 2 is 1.81 bits per heavy atom. The summed E-state index contributed by atoms with van der Waals surface area (Å²) in [6.45, 7) is 7.60. The van der Waals surface area contributed by atoms with Gasteiger partial charge in [0.1, 0.15) is 5.75 Å². The second kappa shape index (κ2) is 10.6. The molecule has 0 bridgehead atoms. The normalized spacial score (nSPS) is 11.1. The fourth-order valence-corrected chi connectivity index (χ4v) is 3.44. The Kier molecular flexibility index (Phi) is 9.56. The molecule has 1 aromatic carbocycles. The number of nitrogens with one attached hydrogen (secondary N) is 1. The topological polar surface area (TPSA) is 30.5 Å². The van der Waals surface area contributed by atoms with E-state index < -0.39 is 0 Å². The van der Waals surface area contributed by atoms with Gasteiger partial charge < -0.3 is 14.8 Å². The maximum absolute atomic E-state index is 5.88. The van der Waals surface area contributed by atoms with Crippen LogP contribution in [0.3, 0.4) is 0 Å². The van der Waals surface area contributed by atoms with Crippen LogP contribution in [0, 0.1) is 5.92 Å². The lowest BCUT2D eigenvalue weighted by molar-refractivity contribution is 0.199. The molecule has 0 saturated carbocycles. The summed E-state index contributed by atoms with van der Waals surface area (Å²) in [5, 5.41) is 3.33. The molecule has 21 heavy (non-hydrogen) atoms. The predicted molar refractivity (Wildman–Crippen MR) is 95.0 cm³/mol. The highest BCUT2D eigenvalue weighted by molar-refractivity contribution is 9.11. The molecule has 0 heterocycles. The maximum atomic E-state index is 5.88. The second-order valence-electron chi connectivity index (χ2n) is 5.44. The third-order valence-electron chi connectivity index (χ3n) is 3.04. The average Bonchev–Trinajstić information content (AvgIpc) is 2.41. The first-order chi connectivity index (χ1) is 10.0. The smallest absolute Gasteiger partial charge is 0.147 e. The van der Waals surface area contributed by atoms with E-state index in [0.717, 1.165) is 53.3 Å². The molecule has 0 amide bonds. The van der Waals surface area contributed by atoms with Gasteiger partial charge in [0, 0.05) is 20.2 Å². The summed E-state index contributed by atoms with van der Waals surface area (Å²) in [4.78, 5) is 0. The number of rotatable bonds is 10. The predicted octanol–water partition coefficient (Wildman–Crippen LogP) is 4.76. The Hall–Kier alpha value is -0.100. The molecule has 0 radical (unpaired) electrons. The Morgan fingerprint density at radius 1 is 1.14 bits per heavy atom. The Morgan fingerprint density at radius 3 is 2.38 bits per heavy atom. The Balaban J connectivity index is 2.50. The fourth-order valence-electron chi connectivity index (χ4n) is 1.93. The number of hydrogen-bond donors (Lipinski definition) is 1. The molecule has 0 aliphatic carbocycles. The Labute approximate surface area is 145 Å². The zero-order chi connectivity index (χ0) is 15.7. The summed E-state index contributed by atoms with van der Waals surface area (Å²) in [6.07, 6.45) is 2.27. The van der Waals surface area contributed by atoms with Crippen LogP contribution in [0.15, 0.2) is 21.1 Å². The second-order valence-corrected chi connectivity index (χ2v) is 7.15. The van der Waals surface area contributed by atoms with Gasteiger partial charge in [0.2, 0.25) is 0 Å². The first-order valence-corrected chi connectivity index (χ1v) is 8.93. The van der Waals surface area contributed by atoms with E-state index in [0.29, 0.717) is 0 Å². The minimum atomic E-state index is 0.722. The van der Waals surface area contributed by atoms with Crippen molar-refractivity contribution in [3.05, 3.63) is 26.6 Å². The molecule has 0 unspecified atom stereocenters. The molecule has 0 saturated heterocycles. The minimum absolute atomic E-state index is 0.722. The van der Waals surface area contributed by atoms with Gasteiger partial charge in [-0.1, -0.05) is 13.8 Å². The van der Waals surface area contributed by atoms with Gasteiger partial charge in [0.05, 0.1) is 22.2 Å². The molecule has 3 nitrogen and oxygen atoms in total. The highest BCUT2D eigenvalue weighted by Gasteiger charge is 2.09. The van der Waals surface area contributed by atoms with Crippen LogP contribution in [-0.4, -0.2) is 26.9 Å². The molecule has 1 N–H and O–H groups in total. The lowest BCUT2D eigenvalue weighted by Gasteiger charge is -2.13. The van der Waals surface area contributed by atoms with Crippen LogP contribution < -0.4 is 10.1 Å². The zero-order valence-corrected chi connectivity index (χ0v) is 16.2. The van der Waals surface area contributed by atoms with E-state index in [4.69, 9.17) is 9.47 Å². The van der Waals surface area contributed by atoms with Gasteiger partial charge in [-0.15, -0.1) is 0 Å². The van der Waals surface area contributed by atoms with Crippen LogP contribution >= 0.6 is 31.9 Å². The van der Waals surface area contributed by atoms with E-state index in [-0.39, 0.29) is 0 Å². The first kappa shape index (κ1) is 18.9. The van der Waals surface area contributed by atoms with Crippen LogP contribution in [0.25, 0.3) is 0 Å². The van der Waals surface area contributed by atoms with Gasteiger partial charge in [-0.2, -0.15) is 0 Å². The molecule has 0 aliphatic heterocycles. The Bertz CT molecular complexity index is 402. The molecule has 120 valence electrons. The van der Waals surface area contributed by atoms with Crippen molar-refractivity contribution in [1.29, 1.82) is 0 Å². The highest BCUT2D eigenvalue weighted by Crippen LogP contribution is 2.35. The number of halogens is 2. The van der Waals surface area contributed by atoms with Gasteiger partial charge in [0.15, 0.2) is 0 Å². The standard InChI is InChI=1S/C16H25Br2NO2/c1-12(2)5-4-7-21-16-14(17)9-13(10-15(16)18)11-19-6-8-20-3/h9-10,12,19H,4-8,11H2,1-3H3. The van der Waals surface area contributed by atoms with Gasteiger partial charge in [-0.3, -0.25) is 0 Å². The summed E-state index contributed by atoms with van der Waals surface area (Å²) < 4.78 is 12.9. The van der Waals surface area contributed by atoms with Gasteiger partial charge in [-0.25, -0.2) is 0 Å². The third-order valence-corrected chi connectivity index (χ3v) is 4.22. The average molecular weight is 423 g/mol. The fraction of sp³-hybridized carbons (Fsp3) is 0.625. The van der Waals surface area contributed by atoms with Crippen molar-refractivity contribution in [3.63, 3.8) is 0 Å². The number of benzene rings is 1. The SMILES string of the molecule is COCCNCc1cc(Br)c(OCCCC(C)C)c(Br)c1. The van der Waals surface area contributed by atoms with Crippen LogP contribution in [0.5, 0.6) is 5.75 Å². The molecule has 1 aromatic rings. The highest BCUT2D eigenvalue weighted by atomic mass is 79.9. The molecule has 5 heteroatoms. The minimum Gasteiger partial charge on any atom is -0.491 e. The van der Waals surface area contributed by atoms with Crippen LogP contribution in [-0.2, 0) is 11.3 Å². The summed E-state index contributed by atoms with van der Waals surface area (Å²) in [5.74, 6) is 1.61. The first-order valence-electron chi connectivity index (χ1n) is 7.35. The van der Waals surface area contributed by atoms with Crippen molar-refractivity contribution in [3.8, 4) is 5.75 Å². The lowest BCUT2D eigenvalue weighted by Crippen LogP contribution is -2.18. The van der Waals surface area contributed by atoms with Crippen molar-refractivity contribution in [2.45, 2.75) is 33.2 Å². The number of hydrogen-bond acceptors (Lipinski definition) is 3. The van der Waals surface area contributed by atoms with Crippen LogP contribution in [0.1, 0.15) is 32.3 Å². The van der Waals surface area contributed by atoms with Crippen molar-refractivity contribution < 1.29 is 9.47 Å². The van der Waals surface area contributed by atoms with Gasteiger partial charge >= 0.3 is 0 Å². The maximum Gasteiger partial charge on any atom is 0.147 e. The van der Waals surface area contributed by atoms with Crippen LogP contribution in [0.4, 0.5) is 0 Å². The number of methoxy groups -OCH3 is 1. The van der Waals surface area contributed by atoms with E-state index >= 15 is 0 Å². The monoisotopic (exact) mass is 421 g/mol. The largest absolute Gasteiger partial charge is 0.491 e. The molecular formula is C16H25Br2NO2. The van der Waals surface area contributed by atoms with Crippen molar-refractivity contribution in [2.75, 3.05) is 26.9 Å². The van der Waals surface area contributed by atoms with E-state index in [1.54, 1.807) is 7.11 Å². The molecule has 0 atom stereocenters. The van der Waals surface area contributed by atoms with E-state index in [2.05, 4.69) is 63.2 Å². The summed E-state index contributed by atoms with van der Waals surface area (Å²) >= 11 is 7.19. The van der Waals surface area contributed by atoms with E-state index in [9.17, 15) is 0 Å². The summed E-state index contributed by atoms with van der Waals surface area (Å²) in [5.41, 5.74) is 1.21. The van der Waals surface area contributed by atoms with E-state index in [1.807, 2.05) is 0 Å². The molecule has 0 spiro atoms. The van der Waals surface area contributed by atoms with E-state index in [1.165, 1.54) is 12.0 Å². The zero-order valence-electron chi connectivity index (χ0n) is 13.0. The third kappa shape index (κ3) is 7.63. The molecule has 0 aromatic heterocycles. The lowest BCUT2D eigenvalue weighted by atomic mass is 10.1. The van der Waals surface area contributed by atoms with Gasteiger partial charge in [-0.05, 0) is 68.3 Å². The summed E-state index contributed by atoms with van der Waals surface area (Å²) in [6, 6.07) is 4.20. The molecule has 0 fully saturated rings. The van der Waals surface area contributed by atoms with Crippen molar-refractivity contribution in [1.82, 2.24) is 5.32 Å². The summed E-state index contributed by atoms with van der Waals surface area (Å²) in [7, 11) is 1.71. The van der Waals surface area contributed by atoms with Crippen LogP contribution in [0.2, 0.25) is 0 Å². The molecular weight excluding hydrogens is 398 g/mol. The molecule has 0 aliphatic rings. The van der Waals surface area contributed by atoms with Crippen molar-refractivity contribution >= 4 is 31.9 Å². The van der Waals surface area contributed by atoms with Crippen molar-refractivity contribution in [2.24, 2.45) is 5.92 Å². The quantitative estimate of drug-likeness (QED) is 0.551.